The van der Waals surface area contributed by atoms with Gasteiger partial charge in [0.2, 0.25) is 0 Å². The van der Waals surface area contributed by atoms with Crippen LogP contribution in [0.25, 0.3) is 10.4 Å². The number of Topliss-reactive ketones (excluding diaryl/α,β-unsaturated/α-hetero) is 1. The second-order valence-electron chi connectivity index (χ2n) is 17.6. The van der Waals surface area contributed by atoms with E-state index in [1.807, 2.05) is 0 Å². The fraction of sp³-hybridized carbons (Fsp3) is 0.447. The number of fused-ring (bicyclic) bond motifs is 5. The number of amides is 1. The molecule has 3 aliphatic carbocycles. The van der Waals surface area contributed by atoms with E-state index in [1.165, 1.54) is 26.0 Å². The van der Waals surface area contributed by atoms with Crippen molar-refractivity contribution in [1.29, 1.82) is 0 Å². The maximum Gasteiger partial charge on any atom is 0.338 e. The van der Waals surface area contributed by atoms with E-state index in [1.54, 1.807) is 92.7 Å². The minimum atomic E-state index is -2.42. The summed E-state index contributed by atoms with van der Waals surface area (Å²) in [6.45, 7) is 7.97. The van der Waals surface area contributed by atoms with Crippen molar-refractivity contribution in [2.75, 3.05) is 6.61 Å². The predicted octanol–water partition coefficient (Wildman–Crippen LogP) is 5.05. The second kappa shape index (κ2) is 17.3. The maximum absolute atomic E-state index is 15.7. The molecular weight excluding hydrogens is 829 g/mol. The largest absolute Gasteiger partial charge is 0.456 e. The Kier molecular flexibility index (Phi) is 12.3. The first-order valence-electron chi connectivity index (χ1n) is 20.9. The van der Waals surface area contributed by atoms with Crippen molar-refractivity contribution < 1.29 is 62.7 Å². The number of aliphatic hydroxyl groups is 2. The number of hydrogen-bond donors (Lipinski definition) is 3. The fourth-order valence-corrected chi connectivity index (χ4v) is 10.4. The first-order chi connectivity index (χ1) is 30.3. The van der Waals surface area contributed by atoms with Crippen LogP contribution in [0.3, 0.4) is 0 Å². The summed E-state index contributed by atoms with van der Waals surface area (Å²) in [6, 6.07) is 21.6. The van der Waals surface area contributed by atoms with E-state index < -0.39 is 113 Å². The highest BCUT2D eigenvalue weighted by molar-refractivity contribution is 5.96. The normalized spacial score (nSPS) is 31.0. The summed E-state index contributed by atoms with van der Waals surface area (Å²) < 4.78 is 30.5. The summed E-state index contributed by atoms with van der Waals surface area (Å²) in [6.07, 6.45) is -8.99. The van der Waals surface area contributed by atoms with Gasteiger partial charge in [-0.25, -0.2) is 9.59 Å². The number of azide groups is 1. The topological polar surface area (TPSA) is 250 Å². The molecule has 1 amide bonds. The molecule has 17 nitrogen and oxygen atoms in total. The average Bonchev–Trinajstić information content (AvgIpc) is 3.26. The Bertz CT molecular complexity index is 2420. The number of nitrogens with zero attached hydrogens (tertiary/aromatic N) is 3. The van der Waals surface area contributed by atoms with Crippen LogP contribution in [0.5, 0.6) is 0 Å². The lowest BCUT2D eigenvalue weighted by molar-refractivity contribution is -0.335. The molecule has 17 heteroatoms. The fourth-order valence-electron chi connectivity index (χ4n) is 10.4. The Morgan fingerprint density at radius 2 is 1.47 bits per heavy atom. The molecule has 0 radical (unpaired) electrons. The Morgan fingerprint density at radius 3 is 2.02 bits per heavy atom. The number of hydrogen-bond acceptors (Lipinski definition) is 14. The van der Waals surface area contributed by atoms with Crippen molar-refractivity contribution in [3.8, 4) is 0 Å². The summed E-state index contributed by atoms with van der Waals surface area (Å²) in [5, 5.41) is 32.4. The van der Waals surface area contributed by atoms with Gasteiger partial charge in [0.1, 0.15) is 23.9 Å². The van der Waals surface area contributed by atoms with Gasteiger partial charge in [-0.05, 0) is 59.9 Å². The standard InChI is InChI=1S/C47H50N4O13/c1-25-31(62-43(58)36(54)35(28-16-10-7-11-17-28)49-41(56)29-18-12-8-13-19-29)23-47(59)40(63-42(57)30-20-14-9-15-21-30)38-45(6,39(55)37(61-26(2)52)34(25)44(47,4)5)32(50-51-48)22-33-46(38,24-60-33)64-27(3)53/h7-21,31-33,35-38,40,54,59H,22-24H2,1-6H3,(H,49,56)/t31-,32+,33+,35-,36+,37+,38-,40-,45+,46-,47+/m0/s1. The van der Waals surface area contributed by atoms with E-state index in [0.717, 1.165) is 13.8 Å². The average molecular weight is 879 g/mol. The molecule has 1 aliphatic heterocycles. The zero-order valence-electron chi connectivity index (χ0n) is 36.1. The lowest BCUT2D eigenvalue weighted by Gasteiger charge is -2.67. The molecule has 11 atom stereocenters. The third-order valence-electron chi connectivity index (χ3n) is 13.7. The van der Waals surface area contributed by atoms with Gasteiger partial charge in [-0.1, -0.05) is 92.6 Å². The van der Waals surface area contributed by atoms with Gasteiger partial charge in [0.25, 0.3) is 5.91 Å². The minimum Gasteiger partial charge on any atom is -0.456 e. The molecular formula is C47H50N4O13. The van der Waals surface area contributed by atoms with Crippen molar-refractivity contribution in [2.24, 2.45) is 21.9 Å². The molecule has 0 unspecified atom stereocenters. The number of esters is 4. The molecule has 1 saturated heterocycles. The van der Waals surface area contributed by atoms with Crippen molar-refractivity contribution in [3.63, 3.8) is 0 Å². The van der Waals surface area contributed by atoms with Crippen molar-refractivity contribution in [2.45, 2.75) is 108 Å². The second-order valence-corrected chi connectivity index (χ2v) is 17.6. The summed E-state index contributed by atoms with van der Waals surface area (Å²) >= 11 is 0. The van der Waals surface area contributed by atoms with Crippen molar-refractivity contribution in [1.82, 2.24) is 5.32 Å². The zero-order chi connectivity index (χ0) is 46.4. The number of carbonyl (C=O) groups is 6. The Labute approximate surface area is 368 Å². The zero-order valence-corrected chi connectivity index (χ0v) is 36.1. The molecule has 3 aromatic rings. The van der Waals surface area contributed by atoms with Gasteiger partial charge in [0, 0.05) is 41.6 Å². The monoisotopic (exact) mass is 878 g/mol. The number of benzene rings is 3. The van der Waals surface area contributed by atoms with E-state index >= 15 is 4.79 Å². The molecule has 3 N–H and O–H groups in total. The third-order valence-corrected chi connectivity index (χ3v) is 13.7. The van der Waals surface area contributed by atoms with Crippen molar-refractivity contribution in [3.05, 3.63) is 129 Å². The molecule has 4 aliphatic rings. The SMILES string of the molecule is CC(=O)O[C@H]1C(=O)[C@@]2(C)[C@H]([C@H](OC(=O)c3ccccc3)[C@]3(O)C[C@H](OC(=O)[C@H](O)[C@@H](NC(=O)c4ccccc4)c4ccccc4)C(C)=C1C3(C)C)[C@]1(OC(C)=O)CO[C@@H]1C[C@H]2N=[N+]=[N-]. The summed E-state index contributed by atoms with van der Waals surface area (Å²) in [7, 11) is 0. The molecule has 7 rings (SSSR count). The number of nitrogens with one attached hydrogen (secondary N) is 1. The van der Waals surface area contributed by atoms with Crippen LogP contribution < -0.4 is 5.32 Å². The smallest absolute Gasteiger partial charge is 0.338 e. The highest BCUT2D eigenvalue weighted by atomic mass is 16.6. The molecule has 3 fully saturated rings. The lowest BCUT2D eigenvalue weighted by Crippen LogP contribution is -2.81. The Hall–Kier alpha value is -6.39. The summed E-state index contributed by atoms with van der Waals surface area (Å²) in [5.74, 6) is -6.89. The Balaban J connectivity index is 1.41. The highest BCUT2D eigenvalue weighted by Crippen LogP contribution is 2.65. The molecule has 0 spiro atoms. The summed E-state index contributed by atoms with van der Waals surface area (Å²) in [5.41, 5.74) is 2.79. The van der Waals surface area contributed by atoms with Gasteiger partial charge >= 0.3 is 23.9 Å². The van der Waals surface area contributed by atoms with Crippen molar-refractivity contribution >= 4 is 35.6 Å². The number of carbonyl (C=O) groups excluding carboxylic acids is 6. The first kappa shape index (κ1) is 45.6. The molecule has 2 saturated carbocycles. The molecule has 336 valence electrons. The van der Waals surface area contributed by atoms with E-state index in [4.69, 9.17) is 23.7 Å². The van der Waals surface area contributed by atoms with E-state index in [9.17, 15) is 39.7 Å². The van der Waals surface area contributed by atoms with Crippen LogP contribution in [-0.4, -0.2) is 100 Å². The number of ketones is 1. The van der Waals surface area contributed by atoms with Crippen LogP contribution in [0.2, 0.25) is 0 Å². The first-order valence-corrected chi connectivity index (χ1v) is 20.9. The van der Waals surface area contributed by atoms with Crippen LogP contribution >= 0.6 is 0 Å². The third kappa shape index (κ3) is 7.61. The van der Waals surface area contributed by atoms with Gasteiger partial charge in [-0.15, -0.1) is 0 Å². The van der Waals surface area contributed by atoms with Gasteiger partial charge in [0.15, 0.2) is 23.6 Å². The molecule has 1 heterocycles. The van der Waals surface area contributed by atoms with Crippen LogP contribution in [0.1, 0.15) is 86.7 Å². The molecule has 64 heavy (non-hydrogen) atoms. The van der Waals surface area contributed by atoms with Gasteiger partial charge in [-0.2, -0.15) is 0 Å². The quantitative estimate of drug-likeness (QED) is 0.0570. The Morgan fingerprint density at radius 1 is 0.875 bits per heavy atom. The highest BCUT2D eigenvalue weighted by Gasteiger charge is 2.78. The van der Waals surface area contributed by atoms with Crippen LogP contribution in [0.4, 0.5) is 0 Å². The number of rotatable bonds is 11. The number of aliphatic hydroxyl groups excluding tert-OH is 1. The van der Waals surface area contributed by atoms with Gasteiger partial charge < -0.3 is 39.2 Å². The molecule has 3 aromatic carbocycles. The molecule has 2 bridgehead atoms. The lowest BCUT2D eigenvalue weighted by atomic mass is 9.44. The maximum atomic E-state index is 15.7. The van der Waals surface area contributed by atoms with Gasteiger partial charge in [-0.3, -0.25) is 19.2 Å². The van der Waals surface area contributed by atoms with E-state index in [0.29, 0.717) is 5.56 Å². The van der Waals surface area contributed by atoms with E-state index in [2.05, 4.69) is 15.3 Å². The predicted molar refractivity (Wildman–Crippen MR) is 225 cm³/mol. The van der Waals surface area contributed by atoms with Gasteiger partial charge in [0.05, 0.1) is 30.2 Å². The summed E-state index contributed by atoms with van der Waals surface area (Å²) in [4.78, 5) is 87.2. The van der Waals surface area contributed by atoms with Crippen LogP contribution in [0, 0.1) is 16.7 Å². The van der Waals surface area contributed by atoms with Crippen LogP contribution in [0.15, 0.2) is 107 Å². The molecule has 0 aromatic heterocycles. The van der Waals surface area contributed by atoms with Crippen LogP contribution in [-0.2, 0) is 42.9 Å². The van der Waals surface area contributed by atoms with E-state index in [-0.39, 0.29) is 35.3 Å². The number of ether oxygens (including phenoxy) is 5. The minimum absolute atomic E-state index is 0.0145.